The van der Waals surface area contributed by atoms with E-state index in [9.17, 15) is 14.4 Å². The molecular weight excluding hydrogens is 380 g/mol. The first-order valence-corrected chi connectivity index (χ1v) is 9.41. The fourth-order valence-electron chi connectivity index (χ4n) is 3.34. The zero-order valence-corrected chi connectivity index (χ0v) is 16.9. The quantitative estimate of drug-likeness (QED) is 0.711. The zero-order valence-electron chi connectivity index (χ0n) is 16.9. The molecule has 3 rings (SSSR count). The number of carbonyl (C=O) groups is 3. The first-order valence-electron chi connectivity index (χ1n) is 9.41. The summed E-state index contributed by atoms with van der Waals surface area (Å²) in [6, 6.07) is 0.0293. The van der Waals surface area contributed by atoms with Gasteiger partial charge in [0.1, 0.15) is 17.1 Å². The Balaban J connectivity index is 1.74. The summed E-state index contributed by atoms with van der Waals surface area (Å²) in [7, 11) is 0. The SMILES string of the molecule is CCOC(=O)c1c(C)oc2nc(COC(=O)C3CC(=O)N(C(C)C)C3)nc(N)c12. The van der Waals surface area contributed by atoms with Gasteiger partial charge < -0.3 is 24.5 Å². The standard InChI is InChI=1S/C19H24N4O6/c1-5-27-19(26)14-10(4)29-17-15(14)16(20)21-12(22-17)8-28-18(25)11-6-13(24)23(7-11)9(2)3/h9,11H,5-8H2,1-4H3,(H2,20,21,22). The molecule has 1 aliphatic heterocycles. The molecule has 0 aliphatic carbocycles. The van der Waals surface area contributed by atoms with Gasteiger partial charge in [0.2, 0.25) is 11.6 Å². The molecule has 2 aromatic heterocycles. The van der Waals surface area contributed by atoms with E-state index in [1.165, 1.54) is 0 Å². The summed E-state index contributed by atoms with van der Waals surface area (Å²) in [6.45, 7) is 7.40. The van der Waals surface area contributed by atoms with Gasteiger partial charge in [0.15, 0.2) is 12.4 Å². The van der Waals surface area contributed by atoms with Crippen molar-refractivity contribution in [2.75, 3.05) is 18.9 Å². The van der Waals surface area contributed by atoms with Gasteiger partial charge in [-0.3, -0.25) is 9.59 Å². The molecule has 0 radical (unpaired) electrons. The molecular formula is C19H24N4O6. The molecule has 10 heteroatoms. The third-order valence-corrected chi connectivity index (χ3v) is 4.74. The van der Waals surface area contributed by atoms with Gasteiger partial charge in [0, 0.05) is 19.0 Å². The number of ether oxygens (including phenoxy) is 2. The topological polar surface area (TPSA) is 138 Å². The van der Waals surface area contributed by atoms with Gasteiger partial charge in [-0.25, -0.2) is 9.78 Å². The number of hydrogen-bond donors (Lipinski definition) is 1. The summed E-state index contributed by atoms with van der Waals surface area (Å²) >= 11 is 0. The normalized spacial score (nSPS) is 16.7. The lowest BCUT2D eigenvalue weighted by molar-refractivity contribution is -0.150. The van der Waals surface area contributed by atoms with Crippen LogP contribution in [0.3, 0.4) is 0 Å². The molecule has 1 saturated heterocycles. The Morgan fingerprint density at radius 2 is 2.03 bits per heavy atom. The average molecular weight is 404 g/mol. The highest BCUT2D eigenvalue weighted by Crippen LogP contribution is 2.29. The molecule has 0 saturated carbocycles. The van der Waals surface area contributed by atoms with E-state index in [2.05, 4.69) is 9.97 Å². The van der Waals surface area contributed by atoms with Crippen LogP contribution >= 0.6 is 0 Å². The maximum Gasteiger partial charge on any atom is 0.342 e. The molecule has 29 heavy (non-hydrogen) atoms. The summed E-state index contributed by atoms with van der Waals surface area (Å²) in [5, 5.41) is 0.269. The van der Waals surface area contributed by atoms with Crippen LogP contribution in [-0.2, 0) is 25.7 Å². The number of nitrogen functional groups attached to an aromatic ring is 1. The van der Waals surface area contributed by atoms with Crippen molar-refractivity contribution in [1.82, 2.24) is 14.9 Å². The molecule has 0 aromatic carbocycles. The number of furan rings is 1. The number of likely N-dealkylation sites (tertiary alicyclic amines) is 1. The lowest BCUT2D eigenvalue weighted by Gasteiger charge is -2.20. The second-order valence-electron chi connectivity index (χ2n) is 7.11. The highest BCUT2D eigenvalue weighted by atomic mass is 16.5. The Morgan fingerprint density at radius 3 is 2.66 bits per heavy atom. The summed E-state index contributed by atoms with van der Waals surface area (Å²) < 4.78 is 15.8. The van der Waals surface area contributed by atoms with Gasteiger partial charge in [-0.1, -0.05) is 0 Å². The maximum atomic E-state index is 12.3. The molecule has 2 aromatic rings. The average Bonchev–Trinajstić information content (AvgIpc) is 3.19. The van der Waals surface area contributed by atoms with Crippen LogP contribution in [0.15, 0.2) is 4.42 Å². The van der Waals surface area contributed by atoms with E-state index >= 15 is 0 Å². The van der Waals surface area contributed by atoms with Crippen LogP contribution in [0, 0.1) is 12.8 Å². The summed E-state index contributed by atoms with van der Waals surface area (Å²) in [5.74, 6) is -1.17. The Bertz CT molecular complexity index is 967. The van der Waals surface area contributed by atoms with E-state index in [4.69, 9.17) is 19.6 Å². The molecule has 1 fully saturated rings. The van der Waals surface area contributed by atoms with Gasteiger partial charge >= 0.3 is 11.9 Å². The lowest BCUT2D eigenvalue weighted by atomic mass is 10.1. The highest BCUT2D eigenvalue weighted by Gasteiger charge is 2.36. The Hall–Kier alpha value is -3.17. The van der Waals surface area contributed by atoms with Crippen molar-refractivity contribution in [2.45, 2.75) is 46.8 Å². The molecule has 3 heterocycles. The zero-order chi connectivity index (χ0) is 21.3. The Labute approximate surface area is 167 Å². The molecule has 10 nitrogen and oxygen atoms in total. The predicted octanol–water partition coefficient (Wildman–Crippen LogP) is 1.59. The molecule has 0 bridgehead atoms. The Kier molecular flexibility index (Phi) is 5.71. The van der Waals surface area contributed by atoms with Gasteiger partial charge in [0.05, 0.1) is 17.9 Å². The monoisotopic (exact) mass is 404 g/mol. The third kappa shape index (κ3) is 4.01. The Morgan fingerprint density at radius 1 is 1.31 bits per heavy atom. The highest BCUT2D eigenvalue weighted by molar-refractivity contribution is 6.07. The number of nitrogens with zero attached hydrogens (tertiary/aromatic N) is 3. The first kappa shape index (κ1) is 20.6. The molecule has 1 aliphatic rings. The molecule has 1 atom stereocenters. The van der Waals surface area contributed by atoms with Crippen LogP contribution in [0.1, 0.15) is 49.1 Å². The van der Waals surface area contributed by atoms with Crippen LogP contribution < -0.4 is 5.73 Å². The van der Waals surface area contributed by atoms with Crippen molar-refractivity contribution >= 4 is 34.8 Å². The van der Waals surface area contributed by atoms with E-state index in [1.807, 2.05) is 13.8 Å². The maximum absolute atomic E-state index is 12.3. The number of aryl methyl sites for hydroxylation is 1. The van der Waals surface area contributed by atoms with E-state index in [1.54, 1.807) is 18.7 Å². The molecule has 156 valence electrons. The number of amides is 1. The van der Waals surface area contributed by atoms with Gasteiger partial charge in [-0.05, 0) is 27.7 Å². The molecule has 1 amide bonds. The number of nitrogens with two attached hydrogens (primary N) is 1. The van der Waals surface area contributed by atoms with E-state index in [-0.39, 0.29) is 59.9 Å². The summed E-state index contributed by atoms with van der Waals surface area (Å²) in [6.07, 6.45) is 0.124. The number of anilines is 1. The van der Waals surface area contributed by atoms with Crippen molar-refractivity contribution < 1.29 is 28.3 Å². The molecule has 0 spiro atoms. The van der Waals surface area contributed by atoms with Crippen LogP contribution in [0.4, 0.5) is 5.82 Å². The van der Waals surface area contributed by atoms with Gasteiger partial charge in [-0.15, -0.1) is 0 Å². The number of fused-ring (bicyclic) bond motifs is 1. The third-order valence-electron chi connectivity index (χ3n) is 4.74. The predicted molar refractivity (Wildman–Crippen MR) is 102 cm³/mol. The lowest BCUT2D eigenvalue weighted by Crippen LogP contribution is -2.33. The fraction of sp³-hybridized carbons (Fsp3) is 0.526. The van der Waals surface area contributed by atoms with E-state index < -0.39 is 17.9 Å². The van der Waals surface area contributed by atoms with Crippen LogP contribution in [0.5, 0.6) is 0 Å². The number of aromatic nitrogens is 2. The second-order valence-corrected chi connectivity index (χ2v) is 7.11. The number of esters is 2. The molecule has 2 N–H and O–H groups in total. The van der Waals surface area contributed by atoms with Crippen LogP contribution in [0.2, 0.25) is 0 Å². The summed E-state index contributed by atoms with van der Waals surface area (Å²) in [5.41, 5.74) is 6.29. The van der Waals surface area contributed by atoms with Crippen molar-refractivity contribution in [3.63, 3.8) is 0 Å². The minimum atomic E-state index is -0.571. The number of rotatable bonds is 6. The number of hydrogen-bond acceptors (Lipinski definition) is 9. The minimum Gasteiger partial charge on any atom is -0.462 e. The van der Waals surface area contributed by atoms with Crippen molar-refractivity contribution in [3.05, 3.63) is 17.1 Å². The van der Waals surface area contributed by atoms with Gasteiger partial charge in [0.25, 0.3) is 0 Å². The molecule has 1 unspecified atom stereocenters. The minimum absolute atomic E-state index is 0.0293. The first-order chi connectivity index (χ1) is 13.7. The van der Waals surface area contributed by atoms with Crippen LogP contribution in [0.25, 0.3) is 11.1 Å². The van der Waals surface area contributed by atoms with E-state index in [0.29, 0.717) is 12.3 Å². The fourth-order valence-corrected chi connectivity index (χ4v) is 3.34. The van der Waals surface area contributed by atoms with E-state index in [0.717, 1.165) is 0 Å². The summed E-state index contributed by atoms with van der Waals surface area (Å²) in [4.78, 5) is 46.4. The van der Waals surface area contributed by atoms with Gasteiger partial charge in [-0.2, -0.15) is 4.98 Å². The smallest absolute Gasteiger partial charge is 0.342 e. The van der Waals surface area contributed by atoms with Crippen molar-refractivity contribution in [1.29, 1.82) is 0 Å². The van der Waals surface area contributed by atoms with Crippen LogP contribution in [-0.4, -0.2) is 51.9 Å². The van der Waals surface area contributed by atoms with Crippen molar-refractivity contribution in [3.8, 4) is 0 Å². The van der Waals surface area contributed by atoms with Crippen molar-refractivity contribution in [2.24, 2.45) is 5.92 Å². The largest absolute Gasteiger partial charge is 0.462 e. The second kappa shape index (κ2) is 8.06. The number of carbonyl (C=O) groups excluding carboxylic acids is 3.